The van der Waals surface area contributed by atoms with Gasteiger partial charge >= 0.3 is 0 Å². The average molecular weight is 369 g/mol. The molecule has 2 aliphatic heterocycles. The topological polar surface area (TPSA) is 69.9 Å². The normalized spacial score (nSPS) is 25.1. The van der Waals surface area contributed by atoms with Crippen molar-refractivity contribution >= 4 is 10.2 Å². The first-order valence-electron chi connectivity index (χ1n) is 9.56. The molecule has 3 heterocycles. The van der Waals surface area contributed by atoms with Gasteiger partial charge < -0.3 is 4.52 Å². The van der Waals surface area contributed by atoms with Gasteiger partial charge in [0.1, 0.15) is 5.76 Å². The molecule has 4 rings (SSSR count). The Kier molecular flexibility index (Phi) is 5.13. The number of piperidine rings is 1. The predicted octanol–water partition coefficient (Wildman–Crippen LogP) is 1.79. The molecule has 1 aliphatic carbocycles. The fourth-order valence-corrected chi connectivity index (χ4v) is 5.51. The molecule has 25 heavy (non-hydrogen) atoms. The van der Waals surface area contributed by atoms with Gasteiger partial charge in [-0.25, -0.2) is 0 Å². The molecule has 0 spiro atoms. The fourth-order valence-electron chi connectivity index (χ4n) is 3.79. The van der Waals surface area contributed by atoms with E-state index in [2.05, 4.69) is 16.1 Å². The van der Waals surface area contributed by atoms with Crippen LogP contribution in [-0.4, -0.2) is 66.4 Å². The minimum atomic E-state index is -3.30. The summed E-state index contributed by atoms with van der Waals surface area (Å²) in [4.78, 5) is 2.29. The summed E-state index contributed by atoms with van der Waals surface area (Å²) < 4.78 is 34.5. The zero-order valence-electron chi connectivity index (χ0n) is 14.8. The molecular formula is C17H28N4O3S. The molecule has 3 fully saturated rings. The van der Waals surface area contributed by atoms with Gasteiger partial charge in [0.15, 0.2) is 0 Å². The first kappa shape index (κ1) is 17.5. The minimum absolute atomic E-state index is 0.562. The molecule has 2 saturated heterocycles. The van der Waals surface area contributed by atoms with Gasteiger partial charge in [-0.3, -0.25) is 4.90 Å². The molecule has 0 radical (unpaired) electrons. The van der Waals surface area contributed by atoms with E-state index in [1.807, 2.05) is 0 Å². The molecule has 0 atom stereocenters. The highest BCUT2D eigenvalue weighted by Gasteiger charge is 2.32. The van der Waals surface area contributed by atoms with Crippen LogP contribution in [0, 0.1) is 0 Å². The van der Waals surface area contributed by atoms with Crippen LogP contribution in [0.15, 0.2) is 10.6 Å². The third-order valence-electron chi connectivity index (χ3n) is 5.46. The van der Waals surface area contributed by atoms with Crippen molar-refractivity contribution in [1.82, 2.24) is 18.7 Å². The second-order valence-corrected chi connectivity index (χ2v) is 9.42. The molecule has 0 amide bonds. The highest BCUT2D eigenvalue weighted by molar-refractivity contribution is 7.86. The van der Waals surface area contributed by atoms with Crippen molar-refractivity contribution in [2.24, 2.45) is 0 Å². The van der Waals surface area contributed by atoms with Crippen molar-refractivity contribution in [3.05, 3.63) is 17.5 Å². The molecule has 1 aromatic heterocycles. The molecule has 140 valence electrons. The molecule has 0 unspecified atom stereocenters. The van der Waals surface area contributed by atoms with Crippen molar-refractivity contribution < 1.29 is 12.9 Å². The minimum Gasteiger partial charge on any atom is -0.361 e. The first-order valence-corrected chi connectivity index (χ1v) is 11.0. The molecule has 1 aromatic rings. The lowest BCUT2D eigenvalue weighted by Gasteiger charge is -2.31. The lowest BCUT2D eigenvalue weighted by atomic mass is 10.2. The highest BCUT2D eigenvalue weighted by Crippen LogP contribution is 2.40. The van der Waals surface area contributed by atoms with E-state index in [0.717, 1.165) is 56.8 Å². The van der Waals surface area contributed by atoms with Crippen LogP contribution in [0.1, 0.15) is 55.9 Å². The maximum atomic E-state index is 12.8. The van der Waals surface area contributed by atoms with Crippen LogP contribution < -0.4 is 0 Å². The van der Waals surface area contributed by atoms with E-state index in [1.165, 1.54) is 12.8 Å². The average Bonchev–Trinajstić information content (AvgIpc) is 3.41. The number of aromatic nitrogens is 1. The molecule has 0 bridgehead atoms. The number of rotatable bonds is 5. The summed E-state index contributed by atoms with van der Waals surface area (Å²) in [6.07, 6.45) is 6.38. The SMILES string of the molecule is O=S(=O)(N1CCCCC1)N1CCCN(Cc2cc(C3CC3)on2)CC1. The molecule has 0 aromatic carbocycles. The summed E-state index contributed by atoms with van der Waals surface area (Å²) >= 11 is 0. The Balaban J connectivity index is 1.34. The zero-order valence-corrected chi connectivity index (χ0v) is 15.6. The summed E-state index contributed by atoms with van der Waals surface area (Å²) in [5.74, 6) is 1.59. The summed E-state index contributed by atoms with van der Waals surface area (Å²) in [6.45, 7) is 4.91. The molecule has 3 aliphatic rings. The zero-order chi connectivity index (χ0) is 17.3. The summed E-state index contributed by atoms with van der Waals surface area (Å²) in [5.41, 5.74) is 0.967. The van der Waals surface area contributed by atoms with E-state index in [0.29, 0.717) is 32.1 Å². The summed E-state index contributed by atoms with van der Waals surface area (Å²) in [6, 6.07) is 2.07. The lowest BCUT2D eigenvalue weighted by molar-refractivity contribution is 0.263. The maximum Gasteiger partial charge on any atom is 0.282 e. The van der Waals surface area contributed by atoms with E-state index < -0.39 is 10.2 Å². The van der Waals surface area contributed by atoms with Gasteiger partial charge in [0.05, 0.1) is 5.69 Å². The van der Waals surface area contributed by atoms with Gasteiger partial charge in [0.2, 0.25) is 0 Å². The Morgan fingerprint density at radius 3 is 2.44 bits per heavy atom. The lowest BCUT2D eigenvalue weighted by Crippen LogP contribution is -2.47. The van der Waals surface area contributed by atoms with Crippen LogP contribution in [0.4, 0.5) is 0 Å². The Labute approximate surface area is 150 Å². The number of nitrogens with zero attached hydrogens (tertiary/aromatic N) is 4. The van der Waals surface area contributed by atoms with Crippen LogP contribution in [0.5, 0.6) is 0 Å². The second kappa shape index (κ2) is 7.34. The second-order valence-electron chi connectivity index (χ2n) is 7.49. The van der Waals surface area contributed by atoms with Crippen molar-refractivity contribution in [2.75, 3.05) is 39.3 Å². The van der Waals surface area contributed by atoms with Gasteiger partial charge in [-0.15, -0.1) is 0 Å². The van der Waals surface area contributed by atoms with E-state index in [1.54, 1.807) is 8.61 Å². The van der Waals surface area contributed by atoms with Gasteiger partial charge in [-0.2, -0.15) is 17.0 Å². The Morgan fingerprint density at radius 1 is 0.960 bits per heavy atom. The van der Waals surface area contributed by atoms with Crippen molar-refractivity contribution in [3.63, 3.8) is 0 Å². The van der Waals surface area contributed by atoms with Gasteiger partial charge in [-0.05, 0) is 38.6 Å². The third-order valence-corrected chi connectivity index (χ3v) is 7.49. The largest absolute Gasteiger partial charge is 0.361 e. The van der Waals surface area contributed by atoms with Crippen LogP contribution >= 0.6 is 0 Å². The monoisotopic (exact) mass is 368 g/mol. The highest BCUT2D eigenvalue weighted by atomic mass is 32.2. The smallest absolute Gasteiger partial charge is 0.282 e. The van der Waals surface area contributed by atoms with E-state index in [4.69, 9.17) is 4.52 Å². The van der Waals surface area contributed by atoms with Crippen LogP contribution in [0.3, 0.4) is 0 Å². The van der Waals surface area contributed by atoms with E-state index in [9.17, 15) is 8.42 Å². The van der Waals surface area contributed by atoms with Crippen molar-refractivity contribution in [2.45, 2.75) is 51.0 Å². The molecule has 1 saturated carbocycles. The Morgan fingerprint density at radius 2 is 1.68 bits per heavy atom. The fraction of sp³-hybridized carbons (Fsp3) is 0.824. The van der Waals surface area contributed by atoms with E-state index in [-0.39, 0.29) is 0 Å². The van der Waals surface area contributed by atoms with E-state index >= 15 is 0 Å². The Hall–Kier alpha value is -0.960. The van der Waals surface area contributed by atoms with Gasteiger partial charge in [0.25, 0.3) is 10.2 Å². The standard InChI is InChI=1S/C17H28N4O3S/c22-25(23,20-8-2-1-3-9-20)21-10-4-7-19(11-12-21)14-16-13-17(24-18-16)15-5-6-15/h13,15H,1-12,14H2. The van der Waals surface area contributed by atoms with Crippen molar-refractivity contribution in [1.29, 1.82) is 0 Å². The number of hydrogen-bond acceptors (Lipinski definition) is 5. The Bertz CT molecular complexity index is 680. The molecular weight excluding hydrogens is 340 g/mol. The van der Waals surface area contributed by atoms with Crippen LogP contribution in [0.25, 0.3) is 0 Å². The van der Waals surface area contributed by atoms with Crippen molar-refractivity contribution in [3.8, 4) is 0 Å². The quantitative estimate of drug-likeness (QED) is 0.792. The van der Waals surface area contributed by atoms with Crippen LogP contribution in [-0.2, 0) is 16.8 Å². The maximum absolute atomic E-state index is 12.8. The number of hydrogen-bond donors (Lipinski definition) is 0. The van der Waals surface area contributed by atoms with Gasteiger partial charge in [-0.1, -0.05) is 11.6 Å². The third kappa shape index (κ3) is 4.07. The predicted molar refractivity (Wildman–Crippen MR) is 94.3 cm³/mol. The summed E-state index contributed by atoms with van der Waals surface area (Å²) in [7, 11) is -3.30. The van der Waals surface area contributed by atoms with Gasteiger partial charge in [0, 0.05) is 51.3 Å². The van der Waals surface area contributed by atoms with Crippen LogP contribution in [0.2, 0.25) is 0 Å². The first-order chi connectivity index (χ1) is 12.1. The summed E-state index contributed by atoms with van der Waals surface area (Å²) in [5, 5.41) is 4.19. The molecule has 8 heteroatoms. The molecule has 7 nitrogen and oxygen atoms in total. The molecule has 0 N–H and O–H groups in total.